The third kappa shape index (κ3) is 2.39. The van der Waals surface area contributed by atoms with Crippen molar-refractivity contribution in [1.82, 2.24) is 44.5 Å². The van der Waals surface area contributed by atoms with Gasteiger partial charge in [-0.2, -0.15) is 30.1 Å². The number of aryl methyl sites for hydroxylation is 2. The zero-order chi connectivity index (χ0) is 17.4. The van der Waals surface area contributed by atoms with Crippen molar-refractivity contribution in [3.05, 3.63) is 35.9 Å². The Balaban J connectivity index is 1.82. The van der Waals surface area contributed by atoms with Crippen molar-refractivity contribution in [2.75, 3.05) is 0 Å². The van der Waals surface area contributed by atoms with E-state index in [2.05, 4.69) is 45.5 Å². The molecule has 0 saturated carbocycles. The quantitative estimate of drug-likeness (QED) is 0.555. The zero-order valence-corrected chi connectivity index (χ0v) is 13.2. The first kappa shape index (κ1) is 14.6. The lowest BCUT2D eigenvalue weighted by Gasteiger charge is -1.99. The Morgan fingerprint density at radius 3 is 2.72 bits per heavy atom. The molecule has 0 amide bonds. The first-order valence-corrected chi connectivity index (χ1v) is 7.12. The summed E-state index contributed by atoms with van der Waals surface area (Å²) in [5, 5.41) is 30.2. The SMILES string of the molecule is Cc1nn2nc(C)c(/N=N/c3c(C#N)cnn3-c3ncncn3)c2[nH]1. The lowest BCUT2D eigenvalue weighted by Crippen LogP contribution is -2.02. The minimum atomic E-state index is 0.212. The van der Waals surface area contributed by atoms with Gasteiger partial charge in [-0.1, -0.05) is 0 Å². The van der Waals surface area contributed by atoms with Crippen LogP contribution in [0.3, 0.4) is 0 Å². The highest BCUT2D eigenvalue weighted by atomic mass is 15.5. The molecule has 0 aliphatic heterocycles. The molecule has 4 rings (SSSR count). The van der Waals surface area contributed by atoms with Crippen LogP contribution in [-0.2, 0) is 0 Å². The summed E-state index contributed by atoms with van der Waals surface area (Å²) in [6.45, 7) is 3.61. The van der Waals surface area contributed by atoms with E-state index < -0.39 is 0 Å². The van der Waals surface area contributed by atoms with E-state index in [1.54, 1.807) is 6.92 Å². The fourth-order valence-electron chi connectivity index (χ4n) is 2.25. The molecule has 0 atom stereocenters. The van der Waals surface area contributed by atoms with Crippen molar-refractivity contribution >= 4 is 17.2 Å². The van der Waals surface area contributed by atoms with Gasteiger partial charge in [0, 0.05) is 0 Å². The molecule has 0 spiro atoms. The Hall–Kier alpha value is -4.01. The highest BCUT2D eigenvalue weighted by Crippen LogP contribution is 2.27. The van der Waals surface area contributed by atoms with Gasteiger partial charge < -0.3 is 4.98 Å². The van der Waals surface area contributed by atoms with Gasteiger partial charge in [0.2, 0.25) is 0 Å². The second-order valence-electron chi connectivity index (χ2n) is 5.03. The van der Waals surface area contributed by atoms with Crippen molar-refractivity contribution in [1.29, 1.82) is 5.26 Å². The molecule has 4 aromatic rings. The number of aromatic amines is 1. The van der Waals surface area contributed by atoms with Gasteiger partial charge in [-0.3, -0.25) is 0 Å². The normalized spacial score (nSPS) is 11.4. The van der Waals surface area contributed by atoms with Gasteiger partial charge in [-0.15, -0.1) is 20.0 Å². The van der Waals surface area contributed by atoms with Crippen LogP contribution in [0.4, 0.5) is 11.5 Å². The number of hydrogen-bond donors (Lipinski definition) is 1. The molecule has 4 heterocycles. The maximum Gasteiger partial charge on any atom is 0.255 e. The van der Waals surface area contributed by atoms with Gasteiger partial charge in [0.05, 0.1) is 11.9 Å². The molecule has 0 fully saturated rings. The minimum absolute atomic E-state index is 0.212. The summed E-state index contributed by atoms with van der Waals surface area (Å²) >= 11 is 0. The van der Waals surface area contributed by atoms with E-state index in [0.29, 0.717) is 22.9 Å². The van der Waals surface area contributed by atoms with Crippen LogP contribution < -0.4 is 0 Å². The molecule has 122 valence electrons. The first-order valence-electron chi connectivity index (χ1n) is 7.12. The topological polar surface area (TPSA) is 151 Å². The number of aromatic nitrogens is 9. The fraction of sp³-hybridized carbons (Fsp3) is 0.154. The van der Waals surface area contributed by atoms with Gasteiger partial charge in [0.1, 0.15) is 30.1 Å². The zero-order valence-electron chi connectivity index (χ0n) is 13.2. The second-order valence-corrected chi connectivity index (χ2v) is 5.03. The maximum absolute atomic E-state index is 9.27. The molecule has 0 aromatic carbocycles. The number of azo groups is 1. The molecular weight excluding hydrogens is 324 g/mol. The van der Waals surface area contributed by atoms with Gasteiger partial charge >= 0.3 is 0 Å². The summed E-state index contributed by atoms with van der Waals surface area (Å²) in [6.07, 6.45) is 4.03. The lowest BCUT2D eigenvalue weighted by atomic mass is 10.4. The largest absolute Gasteiger partial charge is 0.324 e. The molecule has 12 heteroatoms. The first-order chi connectivity index (χ1) is 12.2. The molecule has 25 heavy (non-hydrogen) atoms. The summed E-state index contributed by atoms with van der Waals surface area (Å²) in [5.41, 5.74) is 2.02. The van der Waals surface area contributed by atoms with Crippen LogP contribution in [0.2, 0.25) is 0 Å². The highest BCUT2D eigenvalue weighted by Gasteiger charge is 2.16. The maximum atomic E-state index is 9.27. The molecule has 1 N–H and O–H groups in total. The van der Waals surface area contributed by atoms with E-state index in [-0.39, 0.29) is 17.3 Å². The van der Waals surface area contributed by atoms with E-state index in [0.717, 1.165) is 0 Å². The monoisotopic (exact) mass is 334 g/mol. The molecule has 0 unspecified atom stereocenters. The Morgan fingerprint density at radius 2 is 1.96 bits per heavy atom. The number of fused-ring (bicyclic) bond motifs is 1. The number of H-pyrrole nitrogens is 1. The molecule has 0 radical (unpaired) electrons. The van der Waals surface area contributed by atoms with Crippen LogP contribution in [-0.4, -0.2) is 44.5 Å². The predicted octanol–water partition coefficient (Wildman–Crippen LogP) is 1.33. The van der Waals surface area contributed by atoms with E-state index in [1.807, 2.05) is 13.0 Å². The molecule has 0 bridgehead atoms. The van der Waals surface area contributed by atoms with Gasteiger partial charge in [0.25, 0.3) is 5.95 Å². The number of nitrogens with zero attached hydrogens (tertiary/aromatic N) is 11. The van der Waals surface area contributed by atoms with E-state index in [9.17, 15) is 5.26 Å². The van der Waals surface area contributed by atoms with Crippen LogP contribution in [0.15, 0.2) is 29.1 Å². The van der Waals surface area contributed by atoms with Crippen molar-refractivity contribution in [2.45, 2.75) is 13.8 Å². The van der Waals surface area contributed by atoms with Crippen LogP contribution in [0, 0.1) is 25.2 Å². The third-order valence-corrected chi connectivity index (χ3v) is 3.33. The van der Waals surface area contributed by atoms with Gasteiger partial charge in [-0.05, 0) is 13.8 Å². The molecule has 12 nitrogen and oxygen atoms in total. The third-order valence-electron chi connectivity index (χ3n) is 3.33. The van der Waals surface area contributed by atoms with Crippen LogP contribution in [0.5, 0.6) is 0 Å². The molecule has 4 aromatic heterocycles. The summed E-state index contributed by atoms with van der Waals surface area (Å²) in [6, 6.07) is 2.02. The van der Waals surface area contributed by atoms with Crippen LogP contribution in [0.25, 0.3) is 11.6 Å². The summed E-state index contributed by atoms with van der Waals surface area (Å²) in [4.78, 5) is 14.8. The molecule has 0 saturated heterocycles. The Morgan fingerprint density at radius 1 is 1.16 bits per heavy atom. The highest BCUT2D eigenvalue weighted by molar-refractivity contribution is 5.66. The van der Waals surface area contributed by atoms with Gasteiger partial charge in [0.15, 0.2) is 17.2 Å². The molecular formula is C13H10N12. The standard InChI is InChI=1S/C13H10N12/c1-7-10(12-19-8(2)23-25(12)22-7)20-21-11-9(3-14)4-18-24(11)13-16-5-15-6-17-13/h4-6H,1-2H3,(H,19,23)/b21-20+. The Kier molecular flexibility index (Phi) is 3.24. The van der Waals surface area contributed by atoms with Crippen LogP contribution in [0.1, 0.15) is 17.1 Å². The number of nitriles is 1. The smallest absolute Gasteiger partial charge is 0.255 e. The van der Waals surface area contributed by atoms with Crippen molar-refractivity contribution < 1.29 is 0 Å². The lowest BCUT2D eigenvalue weighted by molar-refractivity contribution is 0.790. The number of rotatable bonds is 3. The second kappa shape index (κ2) is 5.57. The van der Waals surface area contributed by atoms with E-state index >= 15 is 0 Å². The Labute approximate surface area is 139 Å². The predicted molar refractivity (Wildman–Crippen MR) is 82.7 cm³/mol. The van der Waals surface area contributed by atoms with Crippen molar-refractivity contribution in [2.24, 2.45) is 10.2 Å². The minimum Gasteiger partial charge on any atom is -0.324 e. The summed E-state index contributed by atoms with van der Waals surface area (Å²) < 4.78 is 2.77. The van der Waals surface area contributed by atoms with Crippen molar-refractivity contribution in [3.63, 3.8) is 0 Å². The van der Waals surface area contributed by atoms with E-state index in [1.165, 1.54) is 28.2 Å². The molecule has 0 aliphatic rings. The summed E-state index contributed by atoms with van der Waals surface area (Å²) in [7, 11) is 0. The number of nitrogens with one attached hydrogen (secondary N) is 1. The van der Waals surface area contributed by atoms with Gasteiger partial charge in [-0.25, -0.2) is 4.98 Å². The average Bonchev–Trinajstić information content (AvgIpc) is 3.26. The fourth-order valence-corrected chi connectivity index (χ4v) is 2.25. The summed E-state index contributed by atoms with van der Waals surface area (Å²) in [5.74, 6) is 1.15. The average molecular weight is 334 g/mol. The van der Waals surface area contributed by atoms with Crippen LogP contribution >= 0.6 is 0 Å². The Bertz CT molecular complexity index is 1120. The van der Waals surface area contributed by atoms with E-state index in [4.69, 9.17) is 0 Å². The van der Waals surface area contributed by atoms with Crippen molar-refractivity contribution in [3.8, 4) is 12.0 Å². The molecule has 0 aliphatic carbocycles. The number of hydrogen-bond acceptors (Lipinski definition) is 9.